The number of halogens is 4. The Bertz CT molecular complexity index is 772. The third-order valence-electron chi connectivity index (χ3n) is 3.32. The van der Waals surface area contributed by atoms with Crippen LogP contribution < -0.4 is 4.90 Å². The van der Waals surface area contributed by atoms with Gasteiger partial charge in [-0.2, -0.15) is 0 Å². The van der Waals surface area contributed by atoms with E-state index in [0.717, 1.165) is 26.4 Å². The van der Waals surface area contributed by atoms with Crippen LogP contribution in [0.2, 0.25) is 0 Å². The first-order valence-electron chi connectivity index (χ1n) is 6.81. The van der Waals surface area contributed by atoms with Crippen molar-refractivity contribution in [3.8, 4) is 0 Å². The Morgan fingerprint density at radius 2 is 1.13 bits per heavy atom. The summed E-state index contributed by atoms with van der Waals surface area (Å²) in [6, 6.07) is 18.6. The smallest absolute Gasteiger partial charge is 0.150 e. The van der Waals surface area contributed by atoms with E-state index in [1.165, 1.54) is 12.1 Å². The molecule has 0 spiro atoms. The van der Waals surface area contributed by atoms with Gasteiger partial charge in [-0.25, -0.2) is 8.78 Å². The van der Waals surface area contributed by atoms with Crippen LogP contribution in [0.3, 0.4) is 0 Å². The van der Waals surface area contributed by atoms with Crippen LogP contribution in [-0.4, -0.2) is 0 Å². The molecule has 0 unspecified atom stereocenters. The van der Waals surface area contributed by atoms with Crippen LogP contribution in [0.5, 0.6) is 0 Å². The molecule has 0 aliphatic heterocycles. The lowest BCUT2D eigenvalue weighted by Gasteiger charge is -2.26. The first-order valence-corrected chi connectivity index (χ1v) is 8.39. The van der Waals surface area contributed by atoms with Crippen LogP contribution in [-0.2, 0) is 0 Å². The summed E-state index contributed by atoms with van der Waals surface area (Å²) in [6.07, 6.45) is 0. The zero-order valence-electron chi connectivity index (χ0n) is 11.8. The maximum Gasteiger partial charge on any atom is 0.150 e. The molecule has 0 amide bonds. The van der Waals surface area contributed by atoms with Crippen LogP contribution in [0, 0.1) is 11.6 Å². The van der Waals surface area contributed by atoms with E-state index in [2.05, 4.69) is 31.9 Å². The van der Waals surface area contributed by atoms with Crippen LogP contribution in [0.25, 0.3) is 0 Å². The molecule has 0 fully saturated rings. The van der Waals surface area contributed by atoms with Crippen LogP contribution in [0.15, 0.2) is 75.7 Å². The first-order chi connectivity index (χ1) is 11.0. The van der Waals surface area contributed by atoms with E-state index in [4.69, 9.17) is 0 Å². The Balaban J connectivity index is 2.16. The van der Waals surface area contributed by atoms with Gasteiger partial charge < -0.3 is 4.90 Å². The fraction of sp³-hybridized carbons (Fsp3) is 0. The average molecular weight is 439 g/mol. The molecule has 0 atom stereocenters. The molecule has 3 aromatic rings. The maximum atomic E-state index is 14.3. The van der Waals surface area contributed by atoms with Crippen molar-refractivity contribution in [2.24, 2.45) is 0 Å². The lowest BCUT2D eigenvalue weighted by Crippen LogP contribution is -2.11. The average Bonchev–Trinajstić information content (AvgIpc) is 2.53. The van der Waals surface area contributed by atoms with Crippen molar-refractivity contribution in [1.29, 1.82) is 0 Å². The Hall–Kier alpha value is -1.72. The molecule has 0 aliphatic carbocycles. The molecule has 0 radical (unpaired) electrons. The summed E-state index contributed by atoms with van der Waals surface area (Å²) in [5.41, 5.74) is 1.85. The van der Waals surface area contributed by atoms with E-state index < -0.39 is 11.6 Å². The summed E-state index contributed by atoms with van der Waals surface area (Å²) in [4.78, 5) is 1.74. The van der Waals surface area contributed by atoms with Gasteiger partial charge >= 0.3 is 0 Å². The zero-order chi connectivity index (χ0) is 16.4. The minimum absolute atomic E-state index is 0.288. The Labute approximate surface area is 149 Å². The maximum absolute atomic E-state index is 14.3. The molecule has 0 aromatic heterocycles. The van der Waals surface area contributed by atoms with Crippen molar-refractivity contribution in [1.82, 2.24) is 0 Å². The van der Waals surface area contributed by atoms with E-state index >= 15 is 0 Å². The van der Waals surface area contributed by atoms with Gasteiger partial charge in [0.2, 0.25) is 0 Å². The van der Waals surface area contributed by atoms with Crippen LogP contribution >= 0.6 is 31.9 Å². The van der Waals surface area contributed by atoms with Crippen molar-refractivity contribution in [2.45, 2.75) is 0 Å². The minimum Gasteiger partial charge on any atom is -0.308 e. The predicted molar refractivity (Wildman–Crippen MR) is 96.4 cm³/mol. The van der Waals surface area contributed by atoms with Gasteiger partial charge in [-0.05, 0) is 60.7 Å². The zero-order valence-corrected chi connectivity index (χ0v) is 15.0. The number of nitrogens with zero attached hydrogens (tertiary/aromatic N) is 1. The van der Waals surface area contributed by atoms with E-state index in [1.807, 2.05) is 48.5 Å². The molecular formula is C18H11Br2F2N. The van der Waals surface area contributed by atoms with Crippen molar-refractivity contribution in [3.63, 3.8) is 0 Å². The predicted octanol–water partition coefficient (Wildman–Crippen LogP) is 6.96. The number of rotatable bonds is 3. The number of hydrogen-bond donors (Lipinski definition) is 0. The summed E-state index contributed by atoms with van der Waals surface area (Å²) < 4.78 is 29.4. The lowest BCUT2D eigenvalue weighted by atomic mass is 10.2. The summed E-state index contributed by atoms with van der Waals surface area (Å²) in [5.74, 6) is -1.21. The van der Waals surface area contributed by atoms with E-state index in [9.17, 15) is 8.78 Å². The number of hydrogen-bond acceptors (Lipinski definition) is 1. The highest BCUT2D eigenvalue weighted by Gasteiger charge is 2.16. The highest BCUT2D eigenvalue weighted by atomic mass is 79.9. The van der Waals surface area contributed by atoms with E-state index in [1.54, 1.807) is 4.90 Å². The molecule has 0 bridgehead atoms. The molecule has 0 saturated heterocycles. The molecule has 5 heteroatoms. The topological polar surface area (TPSA) is 3.24 Å². The first kappa shape index (κ1) is 16.1. The molecule has 1 nitrogen and oxygen atoms in total. The van der Waals surface area contributed by atoms with Gasteiger partial charge in [-0.1, -0.05) is 31.9 Å². The molecule has 0 N–H and O–H groups in total. The van der Waals surface area contributed by atoms with Crippen molar-refractivity contribution < 1.29 is 8.78 Å². The van der Waals surface area contributed by atoms with Gasteiger partial charge in [-0.15, -0.1) is 0 Å². The van der Waals surface area contributed by atoms with E-state index in [0.29, 0.717) is 0 Å². The summed E-state index contributed by atoms with van der Waals surface area (Å²) in [5, 5.41) is 0. The largest absolute Gasteiger partial charge is 0.308 e. The Kier molecular flexibility index (Phi) is 4.78. The molecule has 0 heterocycles. The Morgan fingerprint density at radius 3 is 1.57 bits per heavy atom. The third-order valence-corrected chi connectivity index (χ3v) is 4.38. The number of anilines is 3. The quantitative estimate of drug-likeness (QED) is 0.427. The summed E-state index contributed by atoms with van der Waals surface area (Å²) >= 11 is 6.78. The van der Waals surface area contributed by atoms with Gasteiger partial charge in [0.05, 0.1) is 5.69 Å². The standard InChI is InChI=1S/C18H11Br2F2N/c19-12-1-6-15(7-2-12)23(16-8-3-13(20)4-9-16)18-10-5-14(21)11-17(18)22/h1-11H. The molecule has 116 valence electrons. The fourth-order valence-electron chi connectivity index (χ4n) is 2.27. The molecule has 3 aromatic carbocycles. The van der Waals surface area contributed by atoms with Gasteiger partial charge in [0.25, 0.3) is 0 Å². The highest BCUT2D eigenvalue weighted by molar-refractivity contribution is 9.10. The second kappa shape index (κ2) is 6.81. The normalized spacial score (nSPS) is 10.6. The summed E-state index contributed by atoms with van der Waals surface area (Å²) in [6.45, 7) is 0. The van der Waals surface area contributed by atoms with Crippen molar-refractivity contribution in [3.05, 3.63) is 87.3 Å². The lowest BCUT2D eigenvalue weighted by molar-refractivity contribution is 0.584. The van der Waals surface area contributed by atoms with Crippen LogP contribution in [0.4, 0.5) is 25.8 Å². The monoisotopic (exact) mass is 437 g/mol. The van der Waals surface area contributed by atoms with Crippen molar-refractivity contribution >= 4 is 48.9 Å². The van der Waals surface area contributed by atoms with Gasteiger partial charge in [-0.3, -0.25) is 0 Å². The van der Waals surface area contributed by atoms with Gasteiger partial charge in [0.15, 0.2) is 0 Å². The SMILES string of the molecule is Fc1ccc(N(c2ccc(Br)cc2)c2ccc(Br)cc2)c(F)c1. The van der Waals surface area contributed by atoms with Gasteiger partial charge in [0.1, 0.15) is 11.6 Å². The molecular weight excluding hydrogens is 428 g/mol. The molecule has 3 rings (SSSR count). The molecule has 0 aliphatic rings. The second-order valence-electron chi connectivity index (χ2n) is 4.88. The fourth-order valence-corrected chi connectivity index (χ4v) is 2.80. The highest BCUT2D eigenvalue weighted by Crippen LogP contribution is 2.37. The minimum atomic E-state index is -0.615. The molecule has 0 saturated carbocycles. The van der Waals surface area contributed by atoms with Crippen LogP contribution in [0.1, 0.15) is 0 Å². The number of benzene rings is 3. The summed E-state index contributed by atoms with van der Waals surface area (Å²) in [7, 11) is 0. The second-order valence-corrected chi connectivity index (χ2v) is 6.72. The molecule has 23 heavy (non-hydrogen) atoms. The van der Waals surface area contributed by atoms with Gasteiger partial charge in [0, 0.05) is 26.4 Å². The van der Waals surface area contributed by atoms with Crippen molar-refractivity contribution in [2.75, 3.05) is 4.90 Å². The third kappa shape index (κ3) is 3.62. The Morgan fingerprint density at radius 1 is 0.652 bits per heavy atom. The van der Waals surface area contributed by atoms with E-state index in [-0.39, 0.29) is 5.69 Å².